The molecule has 7 heteroatoms. The van der Waals surface area contributed by atoms with Crippen molar-refractivity contribution < 1.29 is 4.74 Å². The van der Waals surface area contributed by atoms with Crippen LogP contribution >= 0.6 is 23.1 Å². The van der Waals surface area contributed by atoms with Gasteiger partial charge >= 0.3 is 0 Å². The zero-order valence-electron chi connectivity index (χ0n) is 14.5. The minimum Gasteiger partial charge on any atom is -0.496 e. The quantitative estimate of drug-likeness (QED) is 0.445. The molecule has 2 aromatic heterocycles. The molecule has 5 nitrogen and oxygen atoms in total. The first-order valence-electron chi connectivity index (χ1n) is 8.34. The van der Waals surface area contributed by atoms with Crippen LogP contribution < -0.4 is 4.74 Å². The third-order valence-corrected chi connectivity index (χ3v) is 6.24. The number of aromatic nitrogens is 4. The molecule has 0 radical (unpaired) electrons. The van der Waals surface area contributed by atoms with E-state index in [0.29, 0.717) is 0 Å². The van der Waals surface area contributed by atoms with Crippen LogP contribution in [0.1, 0.15) is 11.9 Å². The van der Waals surface area contributed by atoms with Crippen molar-refractivity contribution >= 4 is 33.3 Å². The Morgan fingerprint density at radius 2 is 1.88 bits per heavy atom. The van der Waals surface area contributed by atoms with Crippen molar-refractivity contribution in [2.45, 2.75) is 24.4 Å². The molecule has 0 aliphatic heterocycles. The van der Waals surface area contributed by atoms with E-state index >= 15 is 0 Å². The third-order valence-electron chi connectivity index (χ3n) is 4.04. The maximum atomic E-state index is 5.48. The molecule has 26 heavy (non-hydrogen) atoms. The van der Waals surface area contributed by atoms with E-state index in [9.17, 15) is 0 Å². The molecule has 0 saturated carbocycles. The largest absolute Gasteiger partial charge is 0.496 e. The van der Waals surface area contributed by atoms with Gasteiger partial charge in [-0.15, -0.1) is 21.5 Å². The number of thioether (sulfide) groups is 1. The number of hydrogen-bond donors (Lipinski definition) is 0. The van der Waals surface area contributed by atoms with E-state index in [4.69, 9.17) is 9.72 Å². The minimum absolute atomic E-state index is 0.781. The maximum Gasteiger partial charge on any atom is 0.191 e. The second kappa shape index (κ2) is 7.47. The lowest BCUT2D eigenvalue weighted by Gasteiger charge is -2.10. The maximum absolute atomic E-state index is 5.48. The van der Waals surface area contributed by atoms with Crippen LogP contribution in [0.2, 0.25) is 0 Å². The number of hydrogen-bond acceptors (Lipinski definition) is 6. The lowest BCUT2D eigenvalue weighted by Crippen LogP contribution is -2.01. The predicted octanol–water partition coefficient (Wildman–Crippen LogP) is 4.88. The highest BCUT2D eigenvalue weighted by atomic mass is 32.2. The van der Waals surface area contributed by atoms with Gasteiger partial charge in [-0.1, -0.05) is 36.0 Å². The summed E-state index contributed by atoms with van der Waals surface area (Å²) < 4.78 is 8.81. The summed E-state index contributed by atoms with van der Waals surface area (Å²) in [6.07, 6.45) is 0. The van der Waals surface area contributed by atoms with Gasteiger partial charge in [0, 0.05) is 6.54 Å². The van der Waals surface area contributed by atoms with Crippen molar-refractivity contribution in [1.29, 1.82) is 0 Å². The van der Waals surface area contributed by atoms with E-state index in [1.807, 2.05) is 42.5 Å². The summed E-state index contributed by atoms with van der Waals surface area (Å²) in [4.78, 5) is 4.70. The van der Waals surface area contributed by atoms with Crippen molar-refractivity contribution in [2.75, 3.05) is 7.11 Å². The van der Waals surface area contributed by atoms with Crippen molar-refractivity contribution in [3.05, 3.63) is 53.5 Å². The molecule has 4 aromatic rings. The predicted molar refractivity (Wildman–Crippen MR) is 107 cm³/mol. The summed E-state index contributed by atoms with van der Waals surface area (Å²) in [6.45, 7) is 2.90. The topological polar surface area (TPSA) is 52.8 Å². The SMILES string of the molecule is CCn1c(SCc2nc3ccccc3s2)nnc1-c1ccccc1OC. The van der Waals surface area contributed by atoms with Crippen molar-refractivity contribution in [3.8, 4) is 17.1 Å². The number of fused-ring (bicyclic) bond motifs is 1. The van der Waals surface area contributed by atoms with Crippen LogP contribution in [0.15, 0.2) is 53.7 Å². The van der Waals surface area contributed by atoms with Gasteiger partial charge in [0.15, 0.2) is 11.0 Å². The Kier molecular flexibility index (Phi) is 4.90. The molecule has 132 valence electrons. The zero-order chi connectivity index (χ0) is 17.9. The summed E-state index contributed by atoms with van der Waals surface area (Å²) in [6, 6.07) is 16.1. The number of ether oxygens (including phenoxy) is 1. The van der Waals surface area contributed by atoms with Crippen molar-refractivity contribution in [3.63, 3.8) is 0 Å². The van der Waals surface area contributed by atoms with E-state index in [2.05, 4.69) is 27.8 Å². The fraction of sp³-hybridized carbons (Fsp3) is 0.211. The molecule has 0 spiro atoms. The first-order valence-corrected chi connectivity index (χ1v) is 10.1. The Morgan fingerprint density at radius 3 is 2.69 bits per heavy atom. The Balaban J connectivity index is 1.60. The number of nitrogens with zero attached hydrogens (tertiary/aromatic N) is 4. The highest BCUT2D eigenvalue weighted by molar-refractivity contribution is 7.98. The normalized spacial score (nSPS) is 11.2. The molecule has 0 aliphatic rings. The number of rotatable bonds is 6. The molecular formula is C19H18N4OS2. The first-order chi connectivity index (χ1) is 12.8. The molecule has 2 heterocycles. The van der Waals surface area contributed by atoms with Gasteiger partial charge in [-0.25, -0.2) is 4.98 Å². The molecule has 0 bridgehead atoms. The van der Waals surface area contributed by atoms with Gasteiger partial charge in [-0.05, 0) is 31.2 Å². The molecule has 0 atom stereocenters. The van der Waals surface area contributed by atoms with E-state index in [1.54, 1.807) is 30.2 Å². The van der Waals surface area contributed by atoms with E-state index in [1.165, 1.54) is 4.70 Å². The van der Waals surface area contributed by atoms with E-state index in [-0.39, 0.29) is 0 Å². The Bertz CT molecular complexity index is 1010. The summed E-state index contributed by atoms with van der Waals surface area (Å²) >= 11 is 3.40. The Morgan fingerprint density at radius 1 is 1.08 bits per heavy atom. The van der Waals surface area contributed by atoms with Gasteiger partial charge in [0.05, 0.1) is 28.6 Å². The van der Waals surface area contributed by atoms with Gasteiger partial charge in [-0.3, -0.25) is 0 Å². The van der Waals surface area contributed by atoms with Crippen LogP contribution in [-0.2, 0) is 12.3 Å². The summed E-state index contributed by atoms with van der Waals surface area (Å²) in [5.41, 5.74) is 2.01. The van der Waals surface area contributed by atoms with Crippen LogP contribution in [0.3, 0.4) is 0 Å². The molecule has 0 unspecified atom stereocenters. The fourth-order valence-electron chi connectivity index (χ4n) is 2.82. The Hall–Kier alpha value is -2.38. The highest BCUT2D eigenvalue weighted by Crippen LogP contribution is 2.32. The monoisotopic (exact) mass is 382 g/mol. The van der Waals surface area contributed by atoms with Crippen LogP contribution in [-0.4, -0.2) is 26.9 Å². The fourth-order valence-corrected chi connectivity index (χ4v) is 4.78. The number of benzene rings is 2. The van der Waals surface area contributed by atoms with E-state index in [0.717, 1.165) is 45.1 Å². The van der Waals surface area contributed by atoms with Gasteiger partial charge in [0.1, 0.15) is 10.8 Å². The molecule has 0 saturated heterocycles. The van der Waals surface area contributed by atoms with Crippen LogP contribution in [0.4, 0.5) is 0 Å². The lowest BCUT2D eigenvalue weighted by molar-refractivity contribution is 0.416. The second-order valence-corrected chi connectivity index (χ2v) is 7.67. The molecule has 0 aliphatic carbocycles. The first kappa shape index (κ1) is 17.1. The van der Waals surface area contributed by atoms with Gasteiger partial charge in [-0.2, -0.15) is 0 Å². The average Bonchev–Trinajstić information content (AvgIpc) is 3.29. The Labute approximate surface area is 160 Å². The van der Waals surface area contributed by atoms with Gasteiger partial charge in [0.25, 0.3) is 0 Å². The van der Waals surface area contributed by atoms with Crippen LogP contribution in [0.5, 0.6) is 5.75 Å². The molecule has 0 N–H and O–H groups in total. The third kappa shape index (κ3) is 3.20. The van der Waals surface area contributed by atoms with E-state index < -0.39 is 0 Å². The van der Waals surface area contributed by atoms with Gasteiger partial charge < -0.3 is 9.30 Å². The smallest absolute Gasteiger partial charge is 0.191 e. The summed E-state index contributed by atoms with van der Waals surface area (Å²) in [7, 11) is 1.67. The van der Waals surface area contributed by atoms with Crippen LogP contribution in [0.25, 0.3) is 21.6 Å². The molecule has 0 fully saturated rings. The molecule has 2 aromatic carbocycles. The van der Waals surface area contributed by atoms with Crippen molar-refractivity contribution in [1.82, 2.24) is 19.7 Å². The minimum atomic E-state index is 0.781. The molecule has 4 rings (SSSR count). The zero-order valence-corrected chi connectivity index (χ0v) is 16.2. The molecular weight excluding hydrogens is 364 g/mol. The lowest BCUT2D eigenvalue weighted by atomic mass is 10.2. The highest BCUT2D eigenvalue weighted by Gasteiger charge is 2.17. The second-order valence-electron chi connectivity index (χ2n) is 5.61. The number of para-hydroxylation sites is 2. The summed E-state index contributed by atoms with van der Waals surface area (Å²) in [5, 5.41) is 10.8. The van der Waals surface area contributed by atoms with Crippen molar-refractivity contribution in [2.24, 2.45) is 0 Å². The number of methoxy groups -OCH3 is 1. The average molecular weight is 383 g/mol. The van der Waals surface area contributed by atoms with Gasteiger partial charge in [0.2, 0.25) is 0 Å². The standard InChI is InChI=1S/C19H18N4OS2/c1-3-23-18(13-8-4-6-10-15(13)24-2)21-22-19(23)25-12-17-20-14-9-5-7-11-16(14)26-17/h4-11H,3,12H2,1-2H3. The van der Waals surface area contributed by atoms with Crippen LogP contribution in [0, 0.1) is 0 Å². The number of thiazole rings is 1. The summed E-state index contributed by atoms with van der Waals surface area (Å²) in [5.74, 6) is 2.41. The molecule has 0 amide bonds.